The van der Waals surface area contributed by atoms with Crippen molar-refractivity contribution in [2.24, 2.45) is 10.9 Å². The Bertz CT molecular complexity index is 2350. The van der Waals surface area contributed by atoms with Crippen LogP contribution in [0.15, 0.2) is 124 Å². The Labute approximate surface area is 275 Å². The van der Waals surface area contributed by atoms with E-state index >= 15 is 0 Å². The molecule has 0 saturated carbocycles. The lowest BCUT2D eigenvalue weighted by atomic mass is 9.77. The van der Waals surface area contributed by atoms with E-state index in [0.717, 1.165) is 49.2 Å². The molecule has 3 heterocycles. The van der Waals surface area contributed by atoms with E-state index in [0.29, 0.717) is 21.6 Å². The van der Waals surface area contributed by atoms with Gasteiger partial charge >= 0.3 is 0 Å². The van der Waals surface area contributed by atoms with Crippen LogP contribution in [0.3, 0.4) is 0 Å². The minimum absolute atomic E-state index is 0.116. The van der Waals surface area contributed by atoms with Crippen molar-refractivity contribution in [3.8, 4) is 16.8 Å². The number of aromatic nitrogens is 1. The number of hydrogen-bond donors (Lipinski definition) is 1. The van der Waals surface area contributed by atoms with E-state index in [4.69, 9.17) is 4.99 Å². The average molecular weight is 636 g/mol. The van der Waals surface area contributed by atoms with Gasteiger partial charge in [-0.2, -0.15) is 0 Å². The molecule has 0 bridgehead atoms. The smallest absolute Gasteiger partial charge is 0.206 e. The lowest BCUT2D eigenvalue weighted by Crippen LogP contribution is -2.42. The molecule has 0 amide bonds. The molecule has 1 fully saturated rings. The highest BCUT2D eigenvalue weighted by Gasteiger charge is 2.36. The summed E-state index contributed by atoms with van der Waals surface area (Å²) in [5, 5.41) is 5.90. The van der Waals surface area contributed by atoms with Gasteiger partial charge in [0.15, 0.2) is 0 Å². The Hall–Kier alpha value is -4.52. The highest BCUT2D eigenvalue weighted by atomic mass is 32.2. The lowest BCUT2D eigenvalue weighted by molar-refractivity contribution is 0.426. The van der Waals surface area contributed by atoms with Crippen LogP contribution in [0.1, 0.15) is 49.3 Å². The third-order valence-electron chi connectivity index (χ3n) is 11.0. The SMILES string of the molecule is CC1(C)c2ccccc2-c2cc3c4ccccc4n(-c4ccc(S(=O)(=O)c5ccc(C6CCN=C7CCNCC76)cc5)cc4)c3cc21. The Morgan fingerprint density at radius 1 is 0.745 bits per heavy atom. The third kappa shape index (κ3) is 4.31. The molecule has 1 aromatic heterocycles. The van der Waals surface area contributed by atoms with Crippen molar-refractivity contribution >= 4 is 37.4 Å². The maximum Gasteiger partial charge on any atom is 0.206 e. The maximum atomic E-state index is 13.8. The zero-order valence-corrected chi connectivity index (χ0v) is 27.5. The molecule has 1 saturated heterocycles. The van der Waals surface area contributed by atoms with Gasteiger partial charge in [0.2, 0.25) is 9.84 Å². The molecule has 9 rings (SSSR count). The van der Waals surface area contributed by atoms with Crippen molar-refractivity contribution < 1.29 is 8.42 Å². The lowest BCUT2D eigenvalue weighted by Gasteiger charge is -2.35. The number of benzene rings is 5. The van der Waals surface area contributed by atoms with Crippen molar-refractivity contribution in [2.75, 3.05) is 19.6 Å². The summed E-state index contributed by atoms with van der Waals surface area (Å²) < 4.78 is 30.0. The topological polar surface area (TPSA) is 63.5 Å². The fourth-order valence-corrected chi connectivity index (χ4v) is 9.80. The monoisotopic (exact) mass is 635 g/mol. The van der Waals surface area contributed by atoms with E-state index in [1.54, 1.807) is 24.3 Å². The number of nitrogens with zero attached hydrogens (tertiary/aromatic N) is 2. The van der Waals surface area contributed by atoms with Crippen LogP contribution in [-0.4, -0.2) is 38.3 Å². The highest BCUT2D eigenvalue weighted by Crippen LogP contribution is 2.51. The van der Waals surface area contributed by atoms with Gasteiger partial charge in [0.1, 0.15) is 0 Å². The fraction of sp³-hybridized carbons (Fsp3) is 0.244. The molecule has 0 spiro atoms. The van der Waals surface area contributed by atoms with Crippen LogP contribution in [0.4, 0.5) is 0 Å². The first-order chi connectivity index (χ1) is 22.8. The van der Waals surface area contributed by atoms with Crippen molar-refractivity contribution in [1.82, 2.24) is 9.88 Å². The predicted molar refractivity (Wildman–Crippen MR) is 191 cm³/mol. The van der Waals surface area contributed by atoms with Crippen LogP contribution in [0.25, 0.3) is 38.6 Å². The number of para-hydroxylation sites is 1. The molecule has 1 N–H and O–H groups in total. The summed E-state index contributed by atoms with van der Waals surface area (Å²) in [6.45, 7) is 7.38. The van der Waals surface area contributed by atoms with Gasteiger partial charge in [0, 0.05) is 53.1 Å². The molecule has 234 valence electrons. The quantitative estimate of drug-likeness (QED) is 0.211. The van der Waals surface area contributed by atoms with E-state index in [-0.39, 0.29) is 5.41 Å². The third-order valence-corrected chi connectivity index (χ3v) is 12.8. The molecular weight excluding hydrogens is 599 g/mol. The largest absolute Gasteiger partial charge is 0.316 e. The molecule has 2 atom stereocenters. The molecule has 5 nitrogen and oxygen atoms in total. The van der Waals surface area contributed by atoms with Crippen molar-refractivity contribution in [3.05, 3.63) is 126 Å². The summed E-state index contributed by atoms with van der Waals surface area (Å²) in [5.41, 5.74) is 10.8. The molecule has 0 radical (unpaired) electrons. The van der Waals surface area contributed by atoms with Crippen molar-refractivity contribution in [2.45, 2.75) is 47.8 Å². The summed E-state index contributed by atoms with van der Waals surface area (Å²) in [6, 6.07) is 36.9. The molecule has 6 aromatic rings. The van der Waals surface area contributed by atoms with Crippen LogP contribution in [0.5, 0.6) is 0 Å². The van der Waals surface area contributed by atoms with Crippen LogP contribution in [0.2, 0.25) is 0 Å². The first kappa shape index (κ1) is 28.7. The minimum atomic E-state index is -3.68. The second-order valence-corrected chi connectivity index (χ2v) is 15.8. The summed E-state index contributed by atoms with van der Waals surface area (Å²) >= 11 is 0. The van der Waals surface area contributed by atoms with Crippen LogP contribution < -0.4 is 5.32 Å². The Balaban J connectivity index is 1.08. The maximum absolute atomic E-state index is 13.8. The predicted octanol–water partition coefficient (Wildman–Crippen LogP) is 8.46. The number of rotatable bonds is 4. The molecule has 2 aliphatic heterocycles. The summed E-state index contributed by atoms with van der Waals surface area (Å²) in [4.78, 5) is 5.42. The van der Waals surface area contributed by atoms with Gasteiger partial charge in [0.05, 0.1) is 20.8 Å². The van der Waals surface area contributed by atoms with Gasteiger partial charge < -0.3 is 9.88 Å². The van der Waals surface area contributed by atoms with Gasteiger partial charge in [-0.15, -0.1) is 0 Å². The number of nitrogens with one attached hydrogen (secondary N) is 1. The Kier molecular flexibility index (Phi) is 6.40. The van der Waals surface area contributed by atoms with Crippen LogP contribution in [0, 0.1) is 5.92 Å². The summed E-state index contributed by atoms with van der Waals surface area (Å²) in [5.74, 6) is 0.773. The van der Waals surface area contributed by atoms with E-state index in [1.165, 1.54) is 44.3 Å². The van der Waals surface area contributed by atoms with E-state index in [2.05, 4.69) is 84.4 Å². The number of piperidine rings is 1. The molecule has 2 unspecified atom stereocenters. The van der Waals surface area contributed by atoms with Crippen LogP contribution >= 0.6 is 0 Å². The molecule has 47 heavy (non-hydrogen) atoms. The highest BCUT2D eigenvalue weighted by molar-refractivity contribution is 7.91. The van der Waals surface area contributed by atoms with E-state index < -0.39 is 9.84 Å². The van der Waals surface area contributed by atoms with Gasteiger partial charge in [-0.25, -0.2) is 8.42 Å². The Morgan fingerprint density at radius 2 is 1.47 bits per heavy atom. The molecule has 3 aliphatic rings. The van der Waals surface area contributed by atoms with Gasteiger partial charge in [-0.1, -0.05) is 68.4 Å². The van der Waals surface area contributed by atoms with E-state index in [1.807, 2.05) is 24.3 Å². The molecule has 6 heteroatoms. The van der Waals surface area contributed by atoms with Crippen LogP contribution in [-0.2, 0) is 15.3 Å². The number of sulfone groups is 1. The normalized spacial score (nSPS) is 20.1. The van der Waals surface area contributed by atoms with Gasteiger partial charge in [-0.05, 0) is 101 Å². The van der Waals surface area contributed by atoms with Gasteiger partial charge in [0.25, 0.3) is 0 Å². The number of hydrogen-bond acceptors (Lipinski definition) is 4. The number of aliphatic imine (C=N–C) groups is 1. The fourth-order valence-electron chi connectivity index (χ4n) is 8.54. The summed E-state index contributed by atoms with van der Waals surface area (Å²) in [6.07, 6.45) is 2.01. The van der Waals surface area contributed by atoms with Gasteiger partial charge in [-0.3, -0.25) is 4.99 Å². The summed E-state index contributed by atoms with van der Waals surface area (Å²) in [7, 11) is -3.68. The first-order valence-electron chi connectivity index (χ1n) is 16.7. The van der Waals surface area contributed by atoms with Crippen molar-refractivity contribution in [3.63, 3.8) is 0 Å². The second-order valence-electron chi connectivity index (χ2n) is 13.8. The zero-order chi connectivity index (χ0) is 31.9. The molecule has 5 aromatic carbocycles. The standard InChI is InChI=1S/C41H37N3O2S/c1-41(2)36-9-5-3-7-31(36)33-23-34-32-8-4-6-10-39(32)44(40(34)24-37(33)41)27-13-17-29(18-14-27)47(45,46)28-15-11-26(12-16-28)30-19-22-43-38-20-21-42-25-35(30)38/h3-18,23-24,30,35,42H,19-22,25H2,1-2H3. The number of fused-ring (bicyclic) bond motifs is 7. The average Bonchev–Trinajstić information content (AvgIpc) is 3.55. The first-order valence-corrected chi connectivity index (χ1v) is 18.2. The molecular formula is C41H37N3O2S. The zero-order valence-electron chi connectivity index (χ0n) is 26.7. The van der Waals surface area contributed by atoms with E-state index in [9.17, 15) is 8.42 Å². The van der Waals surface area contributed by atoms with Crippen molar-refractivity contribution in [1.29, 1.82) is 0 Å². The Morgan fingerprint density at radius 3 is 2.28 bits per heavy atom. The second kappa shape index (κ2) is 10.5. The molecule has 1 aliphatic carbocycles. The minimum Gasteiger partial charge on any atom is -0.316 e.